The molecule has 126 valence electrons. The van der Waals surface area contributed by atoms with Crippen LogP contribution in [-0.2, 0) is 6.54 Å². The highest BCUT2D eigenvalue weighted by Crippen LogP contribution is 2.19. The van der Waals surface area contributed by atoms with Crippen molar-refractivity contribution in [3.05, 3.63) is 40.9 Å². The predicted molar refractivity (Wildman–Crippen MR) is 89.8 cm³/mol. The summed E-state index contributed by atoms with van der Waals surface area (Å²) in [5.41, 5.74) is 2.82. The molecule has 1 amide bonds. The van der Waals surface area contributed by atoms with Gasteiger partial charge in [0.15, 0.2) is 5.65 Å². The normalized spacial score (nSPS) is 11.4. The Labute approximate surface area is 140 Å². The molecule has 3 rings (SSSR count). The maximum Gasteiger partial charge on any atom is 0.253 e. The molecule has 24 heavy (non-hydrogen) atoms. The molecule has 0 aliphatic heterocycles. The van der Waals surface area contributed by atoms with Gasteiger partial charge < -0.3 is 9.73 Å². The van der Waals surface area contributed by atoms with Gasteiger partial charge in [0.1, 0.15) is 5.76 Å². The number of hydrogen-bond donors (Lipinski definition) is 1. The molecule has 0 fully saturated rings. The smallest absolute Gasteiger partial charge is 0.253 e. The maximum absolute atomic E-state index is 12.5. The molecule has 0 saturated heterocycles. The van der Waals surface area contributed by atoms with E-state index in [0.717, 1.165) is 22.5 Å². The molecular weight excluding hydrogens is 306 g/mol. The molecule has 3 aromatic heterocycles. The van der Waals surface area contributed by atoms with Gasteiger partial charge in [-0.05, 0) is 40.7 Å². The van der Waals surface area contributed by atoms with Crippen LogP contribution in [0, 0.1) is 20.8 Å². The number of aromatic nitrogens is 4. The molecule has 0 aliphatic carbocycles. The van der Waals surface area contributed by atoms with Gasteiger partial charge in [0, 0.05) is 11.4 Å². The van der Waals surface area contributed by atoms with Gasteiger partial charge >= 0.3 is 0 Å². The Bertz CT molecular complexity index is 888. The van der Waals surface area contributed by atoms with Gasteiger partial charge in [-0.25, -0.2) is 14.6 Å². The number of hydrogen-bond acceptors (Lipinski definition) is 5. The van der Waals surface area contributed by atoms with Crippen molar-refractivity contribution >= 4 is 16.9 Å². The fraction of sp³-hybridized carbons (Fsp3) is 0.412. The Morgan fingerprint density at radius 3 is 2.62 bits per heavy atom. The molecule has 7 heteroatoms. The number of fused-ring (bicyclic) bond motifs is 1. The lowest BCUT2D eigenvalue weighted by atomic mass is 10.1. The molecule has 0 spiro atoms. The Hall–Kier alpha value is -2.70. The Morgan fingerprint density at radius 1 is 1.25 bits per heavy atom. The van der Waals surface area contributed by atoms with Crippen molar-refractivity contribution in [3.8, 4) is 0 Å². The molecular formula is C17H21N5O2. The van der Waals surface area contributed by atoms with Crippen molar-refractivity contribution in [1.82, 2.24) is 25.1 Å². The summed E-state index contributed by atoms with van der Waals surface area (Å²) < 4.78 is 7.33. The molecule has 3 aromatic rings. The van der Waals surface area contributed by atoms with E-state index in [4.69, 9.17) is 4.42 Å². The first kappa shape index (κ1) is 16.2. The number of pyridine rings is 1. The zero-order valence-electron chi connectivity index (χ0n) is 14.5. The third kappa shape index (κ3) is 2.89. The summed E-state index contributed by atoms with van der Waals surface area (Å²) in [6.45, 7) is 9.89. The van der Waals surface area contributed by atoms with E-state index in [9.17, 15) is 4.79 Å². The molecule has 1 N–H and O–H groups in total. The van der Waals surface area contributed by atoms with Crippen molar-refractivity contribution in [3.63, 3.8) is 0 Å². The molecule has 0 radical (unpaired) electrons. The second-order valence-corrected chi connectivity index (χ2v) is 6.15. The second-order valence-electron chi connectivity index (χ2n) is 6.15. The number of aryl methyl sites for hydroxylation is 3. The molecule has 0 aromatic carbocycles. The van der Waals surface area contributed by atoms with E-state index in [1.807, 2.05) is 45.4 Å². The Kier molecular flexibility index (Phi) is 4.09. The molecule has 0 saturated carbocycles. The van der Waals surface area contributed by atoms with Gasteiger partial charge in [0.25, 0.3) is 5.91 Å². The van der Waals surface area contributed by atoms with Gasteiger partial charge in [-0.2, -0.15) is 5.10 Å². The Balaban J connectivity index is 1.83. The number of nitrogens with one attached hydrogen (secondary N) is 1. The van der Waals surface area contributed by atoms with E-state index < -0.39 is 0 Å². The van der Waals surface area contributed by atoms with E-state index in [-0.39, 0.29) is 18.5 Å². The average Bonchev–Trinajstić information content (AvgIpc) is 3.07. The van der Waals surface area contributed by atoms with Gasteiger partial charge in [-0.15, -0.1) is 0 Å². The summed E-state index contributed by atoms with van der Waals surface area (Å²) >= 11 is 0. The van der Waals surface area contributed by atoms with E-state index in [1.54, 1.807) is 6.20 Å². The first-order chi connectivity index (χ1) is 11.4. The lowest BCUT2D eigenvalue weighted by molar-refractivity contribution is 0.0946. The predicted octanol–water partition coefficient (Wildman–Crippen LogP) is 2.86. The topological polar surface area (TPSA) is 85.8 Å². The van der Waals surface area contributed by atoms with Crippen LogP contribution in [-0.4, -0.2) is 25.7 Å². The summed E-state index contributed by atoms with van der Waals surface area (Å²) in [7, 11) is 0. The average molecular weight is 327 g/mol. The number of amides is 1. The van der Waals surface area contributed by atoms with Gasteiger partial charge in [0.05, 0.1) is 29.7 Å². The Morgan fingerprint density at radius 2 is 2.00 bits per heavy atom. The second kappa shape index (κ2) is 6.07. The van der Waals surface area contributed by atoms with E-state index in [1.165, 1.54) is 0 Å². The van der Waals surface area contributed by atoms with Crippen LogP contribution in [0.5, 0.6) is 0 Å². The van der Waals surface area contributed by atoms with Crippen LogP contribution in [0.4, 0.5) is 0 Å². The SMILES string of the molecule is Cc1nc2c(cnn2C(C)C)cc1C(=O)NCc1nc(C)c(C)o1. The summed E-state index contributed by atoms with van der Waals surface area (Å²) in [5.74, 6) is 1.06. The van der Waals surface area contributed by atoms with E-state index in [2.05, 4.69) is 20.4 Å². The zero-order valence-corrected chi connectivity index (χ0v) is 14.5. The van der Waals surface area contributed by atoms with Crippen LogP contribution >= 0.6 is 0 Å². The van der Waals surface area contributed by atoms with Crippen molar-refractivity contribution in [2.24, 2.45) is 0 Å². The summed E-state index contributed by atoms with van der Waals surface area (Å²) in [4.78, 5) is 21.3. The first-order valence-corrected chi connectivity index (χ1v) is 7.92. The summed E-state index contributed by atoms with van der Waals surface area (Å²) in [6, 6.07) is 2.04. The third-order valence-corrected chi connectivity index (χ3v) is 3.97. The van der Waals surface area contributed by atoms with Crippen molar-refractivity contribution < 1.29 is 9.21 Å². The van der Waals surface area contributed by atoms with Crippen LogP contribution in [0.25, 0.3) is 11.0 Å². The summed E-state index contributed by atoms with van der Waals surface area (Å²) in [5, 5.41) is 8.02. The van der Waals surface area contributed by atoms with Gasteiger partial charge in [0.2, 0.25) is 5.89 Å². The van der Waals surface area contributed by atoms with E-state index >= 15 is 0 Å². The van der Waals surface area contributed by atoms with Gasteiger partial charge in [-0.1, -0.05) is 0 Å². The number of carbonyl (C=O) groups excluding carboxylic acids is 1. The zero-order chi connectivity index (χ0) is 17.4. The van der Waals surface area contributed by atoms with Crippen molar-refractivity contribution in [2.45, 2.75) is 47.2 Å². The molecule has 3 heterocycles. The standard InChI is InChI=1S/C17H21N5O2/c1-9(2)22-16-13(7-19-22)6-14(11(4)21-16)17(23)18-8-15-20-10(3)12(5)24-15/h6-7,9H,8H2,1-5H3,(H,18,23). The lowest BCUT2D eigenvalue weighted by Crippen LogP contribution is -2.24. The highest BCUT2D eigenvalue weighted by atomic mass is 16.4. The van der Waals surface area contributed by atoms with Crippen LogP contribution < -0.4 is 5.32 Å². The largest absolute Gasteiger partial charge is 0.444 e. The minimum atomic E-state index is -0.201. The van der Waals surface area contributed by atoms with Crippen LogP contribution in [0.2, 0.25) is 0 Å². The highest BCUT2D eigenvalue weighted by Gasteiger charge is 2.16. The fourth-order valence-corrected chi connectivity index (χ4v) is 2.54. The lowest BCUT2D eigenvalue weighted by Gasteiger charge is -2.09. The maximum atomic E-state index is 12.5. The number of carbonyl (C=O) groups is 1. The quantitative estimate of drug-likeness (QED) is 0.796. The number of nitrogens with zero attached hydrogens (tertiary/aromatic N) is 4. The third-order valence-electron chi connectivity index (χ3n) is 3.97. The van der Waals surface area contributed by atoms with Crippen molar-refractivity contribution in [2.75, 3.05) is 0 Å². The molecule has 0 bridgehead atoms. The van der Waals surface area contributed by atoms with Crippen LogP contribution in [0.15, 0.2) is 16.7 Å². The molecule has 7 nitrogen and oxygen atoms in total. The number of rotatable bonds is 4. The van der Waals surface area contributed by atoms with Crippen molar-refractivity contribution in [1.29, 1.82) is 0 Å². The fourth-order valence-electron chi connectivity index (χ4n) is 2.54. The van der Waals surface area contributed by atoms with E-state index in [0.29, 0.717) is 17.1 Å². The molecule has 0 unspecified atom stereocenters. The monoisotopic (exact) mass is 327 g/mol. The van der Waals surface area contributed by atoms with Gasteiger partial charge in [-0.3, -0.25) is 4.79 Å². The van der Waals surface area contributed by atoms with Crippen LogP contribution in [0.3, 0.4) is 0 Å². The number of oxazole rings is 1. The first-order valence-electron chi connectivity index (χ1n) is 7.92. The molecule has 0 atom stereocenters. The van der Waals surface area contributed by atoms with Crippen LogP contribution in [0.1, 0.15) is 53.3 Å². The highest BCUT2D eigenvalue weighted by molar-refractivity contribution is 5.98. The minimum absolute atomic E-state index is 0.201. The molecule has 0 aliphatic rings. The minimum Gasteiger partial charge on any atom is -0.444 e. The summed E-state index contributed by atoms with van der Waals surface area (Å²) in [6.07, 6.45) is 1.74.